The molecule has 0 N–H and O–H groups in total. The van der Waals surface area contributed by atoms with Crippen molar-refractivity contribution in [3.8, 4) is 0 Å². The topological polar surface area (TPSA) is 0 Å². The van der Waals surface area contributed by atoms with Crippen LogP contribution in [0.2, 0.25) is 3.97 Å². The van der Waals surface area contributed by atoms with E-state index in [4.69, 9.17) is 0 Å². The van der Waals surface area contributed by atoms with E-state index in [1.165, 1.54) is 35.7 Å². The van der Waals surface area contributed by atoms with E-state index < -0.39 is 0 Å². The number of hydrogen-bond donors (Lipinski definition) is 0. The molecule has 2 rings (SSSR count). The van der Waals surface area contributed by atoms with E-state index in [-0.39, 0.29) is 26.7 Å². The first kappa shape index (κ1) is 10.5. The maximum absolute atomic E-state index is 12.7. The van der Waals surface area contributed by atoms with Crippen LogP contribution in [0.3, 0.4) is 0 Å². The summed E-state index contributed by atoms with van der Waals surface area (Å²) in [4.78, 5) is 0. The van der Waals surface area contributed by atoms with Gasteiger partial charge in [0.15, 0.2) is 0 Å². The minimum atomic E-state index is -0.107. The van der Waals surface area contributed by atoms with Gasteiger partial charge in [0.25, 0.3) is 0 Å². The maximum atomic E-state index is 12.7. The van der Waals surface area contributed by atoms with Crippen LogP contribution in [0.25, 0.3) is 0 Å². The van der Waals surface area contributed by atoms with Crippen molar-refractivity contribution in [2.45, 2.75) is 36.1 Å². The predicted molar refractivity (Wildman–Crippen MR) is 58.6 cm³/mol. The van der Waals surface area contributed by atoms with Gasteiger partial charge in [-0.2, -0.15) is 0 Å². The van der Waals surface area contributed by atoms with Crippen LogP contribution in [0.1, 0.15) is 32.1 Å². The molecular formula is C12H15FTe. The second-order valence-electron chi connectivity index (χ2n) is 3.83. The predicted octanol–water partition coefficient (Wildman–Crippen LogP) is 2.91. The van der Waals surface area contributed by atoms with Crippen LogP contribution in [0, 0.1) is 5.82 Å². The first-order valence-corrected chi connectivity index (χ1v) is 7.78. The molecule has 0 aromatic heterocycles. The van der Waals surface area contributed by atoms with Crippen LogP contribution in [-0.2, 0) is 0 Å². The van der Waals surface area contributed by atoms with Gasteiger partial charge in [0, 0.05) is 0 Å². The van der Waals surface area contributed by atoms with E-state index in [1.54, 1.807) is 12.1 Å². The van der Waals surface area contributed by atoms with Gasteiger partial charge in [-0.25, -0.2) is 0 Å². The van der Waals surface area contributed by atoms with E-state index in [0.29, 0.717) is 0 Å². The van der Waals surface area contributed by atoms with E-state index in [1.807, 2.05) is 12.1 Å². The standard InChI is InChI=1S/C12H15FTe/c13-10-6-8-12(9-7-10)14-11-4-2-1-3-5-11/h6-9,11H,1-5H2. The Balaban J connectivity index is 1.92. The van der Waals surface area contributed by atoms with Gasteiger partial charge in [0.1, 0.15) is 0 Å². The molecule has 0 bridgehead atoms. The SMILES string of the molecule is Fc1ccc([Te]C2CCCCC2)cc1. The van der Waals surface area contributed by atoms with Crippen molar-refractivity contribution in [2.24, 2.45) is 0 Å². The van der Waals surface area contributed by atoms with Crippen molar-refractivity contribution in [1.29, 1.82) is 0 Å². The zero-order chi connectivity index (χ0) is 9.80. The summed E-state index contributed by atoms with van der Waals surface area (Å²) in [6.45, 7) is 0. The first-order chi connectivity index (χ1) is 6.84. The molecule has 0 heterocycles. The average molecular weight is 306 g/mol. The van der Waals surface area contributed by atoms with Crippen molar-refractivity contribution >= 4 is 24.5 Å². The summed E-state index contributed by atoms with van der Waals surface area (Å²) < 4.78 is 15.1. The molecule has 14 heavy (non-hydrogen) atoms. The molecule has 1 aromatic carbocycles. The third-order valence-electron chi connectivity index (χ3n) is 2.67. The van der Waals surface area contributed by atoms with Crippen LogP contribution >= 0.6 is 0 Å². The third-order valence-corrected chi connectivity index (χ3v) is 6.52. The average Bonchev–Trinajstić information content (AvgIpc) is 2.23. The molecule has 0 amide bonds. The first-order valence-electron chi connectivity index (χ1n) is 5.27. The second kappa shape index (κ2) is 5.14. The monoisotopic (exact) mass is 308 g/mol. The minimum absolute atomic E-state index is 0.0580. The Bertz CT molecular complexity index is 275. The molecule has 1 aliphatic carbocycles. The summed E-state index contributed by atoms with van der Waals surface area (Å²) in [6, 6.07) is 7.16. The number of halogens is 1. The molecule has 1 aromatic rings. The van der Waals surface area contributed by atoms with E-state index in [0.717, 1.165) is 3.97 Å². The summed E-state index contributed by atoms with van der Waals surface area (Å²) in [5.74, 6) is -0.107. The van der Waals surface area contributed by atoms with Crippen molar-refractivity contribution in [3.05, 3.63) is 30.1 Å². The van der Waals surface area contributed by atoms with Crippen LogP contribution < -0.4 is 3.61 Å². The van der Waals surface area contributed by atoms with E-state index in [9.17, 15) is 4.39 Å². The molecule has 1 fully saturated rings. The number of benzene rings is 1. The van der Waals surface area contributed by atoms with Crippen molar-refractivity contribution in [3.63, 3.8) is 0 Å². The number of hydrogen-bond acceptors (Lipinski definition) is 0. The Kier molecular flexibility index (Phi) is 3.84. The fourth-order valence-corrected chi connectivity index (χ4v) is 5.45. The molecule has 0 spiro atoms. The van der Waals surface area contributed by atoms with Gasteiger partial charge < -0.3 is 0 Å². The summed E-state index contributed by atoms with van der Waals surface area (Å²) in [5.41, 5.74) is 0. The Labute approximate surface area is 95.0 Å². The van der Waals surface area contributed by atoms with Crippen LogP contribution in [0.15, 0.2) is 24.3 Å². The van der Waals surface area contributed by atoms with Crippen molar-refractivity contribution in [2.75, 3.05) is 0 Å². The van der Waals surface area contributed by atoms with Gasteiger partial charge in [-0.05, 0) is 0 Å². The summed E-state index contributed by atoms with van der Waals surface area (Å²) in [5, 5.41) is 0. The van der Waals surface area contributed by atoms with E-state index >= 15 is 0 Å². The van der Waals surface area contributed by atoms with Crippen molar-refractivity contribution in [1.82, 2.24) is 0 Å². The van der Waals surface area contributed by atoms with Crippen LogP contribution in [0.5, 0.6) is 0 Å². The zero-order valence-electron chi connectivity index (χ0n) is 8.21. The molecule has 0 unspecified atom stereocenters. The molecule has 76 valence electrons. The van der Waals surface area contributed by atoms with E-state index in [2.05, 4.69) is 0 Å². The van der Waals surface area contributed by atoms with Crippen molar-refractivity contribution < 1.29 is 4.39 Å². The van der Waals surface area contributed by atoms with Gasteiger partial charge in [-0.1, -0.05) is 0 Å². The Morgan fingerprint density at radius 3 is 2.29 bits per heavy atom. The molecule has 0 atom stereocenters. The summed E-state index contributed by atoms with van der Waals surface area (Å²) >= 11 is -0.0580. The molecule has 0 nitrogen and oxygen atoms in total. The van der Waals surface area contributed by atoms with Crippen LogP contribution in [0.4, 0.5) is 4.39 Å². The quantitative estimate of drug-likeness (QED) is 0.737. The Hall–Kier alpha value is -0.0604. The molecule has 1 aliphatic rings. The molecule has 0 saturated heterocycles. The number of rotatable bonds is 2. The van der Waals surface area contributed by atoms with Gasteiger partial charge in [-0.3, -0.25) is 0 Å². The zero-order valence-corrected chi connectivity index (χ0v) is 10.5. The second-order valence-corrected chi connectivity index (χ2v) is 7.75. The normalized spacial score (nSPS) is 18.4. The van der Waals surface area contributed by atoms with Gasteiger partial charge in [0.05, 0.1) is 0 Å². The fraction of sp³-hybridized carbons (Fsp3) is 0.500. The Morgan fingerprint density at radius 1 is 1.00 bits per heavy atom. The molecule has 0 radical (unpaired) electrons. The van der Waals surface area contributed by atoms with Crippen LogP contribution in [-0.4, -0.2) is 20.9 Å². The Morgan fingerprint density at radius 2 is 1.64 bits per heavy atom. The van der Waals surface area contributed by atoms with Gasteiger partial charge in [0.2, 0.25) is 0 Å². The molecule has 0 aliphatic heterocycles. The third kappa shape index (κ3) is 2.97. The summed E-state index contributed by atoms with van der Waals surface area (Å²) in [7, 11) is 0. The molecular weight excluding hydrogens is 291 g/mol. The van der Waals surface area contributed by atoms with Gasteiger partial charge >= 0.3 is 95.1 Å². The fourth-order valence-electron chi connectivity index (χ4n) is 1.89. The van der Waals surface area contributed by atoms with Gasteiger partial charge in [-0.15, -0.1) is 0 Å². The molecule has 1 saturated carbocycles. The summed E-state index contributed by atoms with van der Waals surface area (Å²) in [6.07, 6.45) is 7.08. The molecule has 2 heteroatoms.